The number of thiophene rings is 1. The molecule has 20 heavy (non-hydrogen) atoms. The Bertz CT molecular complexity index is 641. The molecule has 0 saturated heterocycles. The van der Waals surface area contributed by atoms with Crippen LogP contribution in [-0.4, -0.2) is 34.1 Å². The van der Waals surface area contributed by atoms with E-state index in [1.54, 1.807) is 11.3 Å². The average molecular weight is 310 g/mol. The van der Waals surface area contributed by atoms with Crippen LogP contribution in [-0.2, 0) is 16.0 Å². The van der Waals surface area contributed by atoms with E-state index in [1.165, 1.54) is 23.0 Å². The monoisotopic (exact) mass is 310 g/mol. The van der Waals surface area contributed by atoms with E-state index in [1.807, 2.05) is 0 Å². The van der Waals surface area contributed by atoms with Crippen molar-refractivity contribution >= 4 is 45.1 Å². The van der Waals surface area contributed by atoms with Crippen LogP contribution >= 0.6 is 23.1 Å². The number of thioether (sulfide) groups is 1. The minimum absolute atomic E-state index is 0.142. The highest BCUT2D eigenvalue weighted by Gasteiger charge is 2.10. The van der Waals surface area contributed by atoms with Gasteiger partial charge in [-0.05, 0) is 12.5 Å². The van der Waals surface area contributed by atoms with E-state index in [-0.39, 0.29) is 18.2 Å². The maximum atomic E-state index is 11.5. The third-order valence-electron chi connectivity index (χ3n) is 2.49. The highest BCUT2D eigenvalue weighted by molar-refractivity contribution is 8.00. The summed E-state index contributed by atoms with van der Waals surface area (Å²) >= 11 is 2.96. The van der Waals surface area contributed by atoms with E-state index >= 15 is 0 Å². The molecule has 0 fully saturated rings. The van der Waals surface area contributed by atoms with Crippen molar-refractivity contribution in [3.8, 4) is 0 Å². The molecule has 0 saturated carbocycles. The van der Waals surface area contributed by atoms with Crippen molar-refractivity contribution in [2.24, 2.45) is 5.73 Å². The molecule has 2 heterocycles. The van der Waals surface area contributed by atoms with Crippen molar-refractivity contribution in [3.63, 3.8) is 0 Å². The van der Waals surface area contributed by atoms with Gasteiger partial charge in [0.15, 0.2) is 0 Å². The molecular weight excluding hydrogens is 296 g/mol. The second-order valence-corrected chi connectivity index (χ2v) is 6.07. The molecule has 3 N–H and O–H groups in total. The Balaban J connectivity index is 2.04. The van der Waals surface area contributed by atoms with Gasteiger partial charge < -0.3 is 11.1 Å². The summed E-state index contributed by atoms with van der Waals surface area (Å²) in [4.78, 5) is 32.7. The average Bonchev–Trinajstić information content (AvgIpc) is 2.86. The molecule has 2 aromatic heterocycles. The molecule has 0 bridgehead atoms. The topological polar surface area (TPSA) is 98.0 Å². The lowest BCUT2D eigenvalue weighted by Gasteiger charge is -2.03. The van der Waals surface area contributed by atoms with Crippen molar-refractivity contribution in [1.82, 2.24) is 15.3 Å². The Kier molecular flexibility index (Phi) is 4.91. The summed E-state index contributed by atoms with van der Waals surface area (Å²) < 4.78 is 0. The Hall–Kier alpha value is -1.67. The van der Waals surface area contributed by atoms with E-state index in [2.05, 4.69) is 28.3 Å². The quantitative estimate of drug-likeness (QED) is 0.611. The number of amides is 2. The van der Waals surface area contributed by atoms with Gasteiger partial charge in [-0.2, -0.15) is 0 Å². The first-order chi connectivity index (χ1) is 9.60. The summed E-state index contributed by atoms with van der Waals surface area (Å²) in [6, 6.07) is 2.06. The SMILES string of the molecule is CCc1cc2c(SCC(=O)NCC(N)=O)ncnc2s1. The van der Waals surface area contributed by atoms with Gasteiger partial charge in [-0.25, -0.2) is 9.97 Å². The summed E-state index contributed by atoms with van der Waals surface area (Å²) in [6.07, 6.45) is 2.45. The van der Waals surface area contributed by atoms with Gasteiger partial charge >= 0.3 is 0 Å². The van der Waals surface area contributed by atoms with Crippen LogP contribution in [0.1, 0.15) is 11.8 Å². The zero-order valence-corrected chi connectivity index (χ0v) is 12.5. The van der Waals surface area contributed by atoms with Crippen LogP contribution in [0, 0.1) is 0 Å². The number of primary amides is 1. The fraction of sp³-hybridized carbons (Fsp3) is 0.333. The van der Waals surface area contributed by atoms with E-state index in [0.29, 0.717) is 0 Å². The lowest BCUT2D eigenvalue weighted by Crippen LogP contribution is -2.34. The molecule has 0 radical (unpaired) electrons. The Morgan fingerprint density at radius 1 is 1.45 bits per heavy atom. The van der Waals surface area contributed by atoms with Gasteiger partial charge in [-0.15, -0.1) is 11.3 Å². The summed E-state index contributed by atoms with van der Waals surface area (Å²) in [5, 5.41) is 4.19. The molecule has 0 aliphatic heterocycles. The predicted molar refractivity (Wildman–Crippen MR) is 79.7 cm³/mol. The van der Waals surface area contributed by atoms with E-state index in [4.69, 9.17) is 5.73 Å². The third kappa shape index (κ3) is 3.67. The Morgan fingerprint density at radius 3 is 2.95 bits per heavy atom. The third-order valence-corrected chi connectivity index (χ3v) is 4.68. The zero-order valence-electron chi connectivity index (χ0n) is 10.9. The van der Waals surface area contributed by atoms with Gasteiger partial charge in [0.2, 0.25) is 11.8 Å². The number of carbonyl (C=O) groups is 2. The number of carbonyl (C=O) groups excluding carboxylic acids is 2. The van der Waals surface area contributed by atoms with Crippen LogP contribution in [0.25, 0.3) is 10.2 Å². The van der Waals surface area contributed by atoms with E-state index < -0.39 is 5.91 Å². The molecular formula is C12H14N4O2S2. The Morgan fingerprint density at radius 2 is 2.25 bits per heavy atom. The number of hydrogen-bond donors (Lipinski definition) is 2. The van der Waals surface area contributed by atoms with Gasteiger partial charge in [0, 0.05) is 10.3 Å². The van der Waals surface area contributed by atoms with E-state index in [9.17, 15) is 9.59 Å². The molecule has 0 aliphatic rings. The normalized spacial score (nSPS) is 10.7. The lowest BCUT2D eigenvalue weighted by atomic mass is 10.3. The van der Waals surface area contributed by atoms with Gasteiger partial charge in [0.25, 0.3) is 0 Å². The predicted octanol–water partition coefficient (Wildman–Crippen LogP) is 0.947. The molecule has 0 spiro atoms. The van der Waals surface area contributed by atoms with Crippen LogP contribution in [0.2, 0.25) is 0 Å². The van der Waals surface area contributed by atoms with Crippen molar-refractivity contribution in [3.05, 3.63) is 17.3 Å². The molecule has 2 aromatic rings. The van der Waals surface area contributed by atoms with Crippen molar-refractivity contribution in [1.29, 1.82) is 0 Å². The minimum Gasteiger partial charge on any atom is -0.368 e. The zero-order chi connectivity index (χ0) is 14.5. The fourth-order valence-electron chi connectivity index (χ4n) is 1.54. The fourth-order valence-corrected chi connectivity index (χ4v) is 3.35. The first kappa shape index (κ1) is 14.7. The summed E-state index contributed by atoms with van der Waals surface area (Å²) in [5.41, 5.74) is 4.96. The molecule has 0 unspecified atom stereocenters. The van der Waals surface area contributed by atoms with Crippen molar-refractivity contribution in [2.45, 2.75) is 18.4 Å². The van der Waals surface area contributed by atoms with Gasteiger partial charge in [-0.1, -0.05) is 18.7 Å². The van der Waals surface area contributed by atoms with Crippen LogP contribution in [0.3, 0.4) is 0 Å². The maximum absolute atomic E-state index is 11.5. The number of nitrogens with one attached hydrogen (secondary N) is 1. The molecule has 2 rings (SSSR count). The number of nitrogens with two attached hydrogens (primary N) is 1. The minimum atomic E-state index is -0.557. The number of rotatable bonds is 6. The number of hydrogen-bond acceptors (Lipinski definition) is 6. The standard InChI is InChI=1S/C12H14N4O2S2/c1-2-7-3-8-11(15-6-16-12(8)20-7)19-5-10(18)14-4-9(13)17/h3,6H,2,4-5H2,1H3,(H2,13,17)(H,14,18). The van der Waals surface area contributed by atoms with Gasteiger partial charge in [-0.3, -0.25) is 9.59 Å². The molecule has 0 atom stereocenters. The molecule has 8 heteroatoms. The number of aryl methyl sites for hydroxylation is 1. The first-order valence-corrected chi connectivity index (χ1v) is 7.81. The highest BCUT2D eigenvalue weighted by Crippen LogP contribution is 2.30. The van der Waals surface area contributed by atoms with Crippen molar-refractivity contribution < 1.29 is 9.59 Å². The highest BCUT2D eigenvalue weighted by atomic mass is 32.2. The summed E-state index contributed by atoms with van der Waals surface area (Å²) in [6.45, 7) is 1.94. The van der Waals surface area contributed by atoms with E-state index in [0.717, 1.165) is 21.7 Å². The largest absolute Gasteiger partial charge is 0.368 e. The summed E-state index contributed by atoms with van der Waals surface area (Å²) in [7, 11) is 0. The molecule has 2 amide bonds. The Labute approximate surface area is 124 Å². The van der Waals surface area contributed by atoms with Gasteiger partial charge in [0.1, 0.15) is 16.2 Å². The molecule has 0 aliphatic carbocycles. The second-order valence-electron chi connectivity index (χ2n) is 4.00. The maximum Gasteiger partial charge on any atom is 0.236 e. The molecule has 106 valence electrons. The summed E-state index contributed by atoms with van der Waals surface area (Å²) in [5.74, 6) is -0.610. The van der Waals surface area contributed by atoms with Gasteiger partial charge in [0.05, 0.1) is 12.3 Å². The van der Waals surface area contributed by atoms with Crippen molar-refractivity contribution in [2.75, 3.05) is 12.3 Å². The number of fused-ring (bicyclic) bond motifs is 1. The van der Waals surface area contributed by atoms with Crippen LogP contribution in [0.5, 0.6) is 0 Å². The van der Waals surface area contributed by atoms with Crippen LogP contribution < -0.4 is 11.1 Å². The van der Waals surface area contributed by atoms with Crippen LogP contribution in [0.15, 0.2) is 17.4 Å². The molecule has 6 nitrogen and oxygen atoms in total. The molecule has 0 aromatic carbocycles. The van der Waals surface area contributed by atoms with Crippen LogP contribution in [0.4, 0.5) is 0 Å². The second kappa shape index (κ2) is 6.67. The first-order valence-electron chi connectivity index (χ1n) is 6.01. The lowest BCUT2D eigenvalue weighted by molar-refractivity contribution is -0.123. The number of aromatic nitrogens is 2. The smallest absolute Gasteiger partial charge is 0.236 e. The number of nitrogens with zero attached hydrogens (tertiary/aromatic N) is 2.